The maximum Gasteiger partial charge on any atom is 0.410 e. The number of carbonyl (C=O) groups is 3. The third-order valence-corrected chi connectivity index (χ3v) is 11.6. The smallest absolute Gasteiger partial charge is 0.410 e. The fourth-order valence-electron chi connectivity index (χ4n) is 4.04. The van der Waals surface area contributed by atoms with Crippen molar-refractivity contribution in [2.24, 2.45) is 0 Å². The van der Waals surface area contributed by atoms with Crippen LogP contribution in [0.5, 0.6) is 0 Å². The van der Waals surface area contributed by atoms with Crippen LogP contribution in [0.15, 0.2) is 24.3 Å². The topological polar surface area (TPSA) is 91.4 Å². The minimum absolute atomic E-state index is 0.0396. The van der Waals surface area contributed by atoms with Crippen molar-refractivity contribution in [2.75, 3.05) is 19.0 Å². The predicted molar refractivity (Wildman–Crippen MR) is 150 cm³/mol. The molecule has 0 unspecified atom stereocenters. The predicted octanol–water partition coefficient (Wildman–Crippen LogP) is 6.54. The van der Waals surface area contributed by atoms with Crippen LogP contribution >= 0.6 is 11.6 Å². The molecule has 0 aliphatic carbocycles. The van der Waals surface area contributed by atoms with E-state index in [0.717, 1.165) is 5.56 Å². The Morgan fingerprint density at radius 2 is 1.66 bits per heavy atom. The molecule has 0 aromatic heterocycles. The summed E-state index contributed by atoms with van der Waals surface area (Å²) in [7, 11) is -2.06. The van der Waals surface area contributed by atoms with Gasteiger partial charge in [0, 0.05) is 6.54 Å². The molecule has 1 aliphatic rings. The van der Waals surface area contributed by atoms with Crippen LogP contribution in [0.2, 0.25) is 18.1 Å². The average Bonchev–Trinajstić information content (AvgIpc) is 3.20. The molecule has 1 saturated heterocycles. The lowest BCUT2D eigenvalue weighted by Crippen LogP contribution is -2.45. The first-order valence-electron chi connectivity index (χ1n) is 13.2. The first-order chi connectivity index (χ1) is 17.5. The number of nitrogens with zero attached hydrogens (tertiary/aromatic N) is 1. The molecule has 1 fully saturated rings. The Bertz CT molecular complexity index is 969. The van der Waals surface area contributed by atoms with Crippen LogP contribution in [0, 0.1) is 0 Å². The number of esters is 2. The van der Waals surface area contributed by atoms with Crippen molar-refractivity contribution in [3.05, 3.63) is 35.4 Å². The molecular weight excluding hydrogens is 526 g/mol. The maximum absolute atomic E-state index is 13.2. The largest absolute Gasteiger partial charge is 0.466 e. The molecule has 1 amide bonds. The monoisotopic (exact) mass is 569 g/mol. The highest BCUT2D eigenvalue weighted by atomic mass is 35.5. The van der Waals surface area contributed by atoms with E-state index < -0.39 is 32.0 Å². The van der Waals surface area contributed by atoms with Gasteiger partial charge in [-0.1, -0.05) is 45.0 Å². The molecule has 1 aromatic carbocycles. The summed E-state index contributed by atoms with van der Waals surface area (Å²) in [5, 5.41) is 0.0396. The van der Waals surface area contributed by atoms with E-state index in [1.807, 2.05) is 32.9 Å². The SMILES string of the molecule is CCOC(=O)C[C@@H](OC(=O)CCl)c1ccc([C@H]2C[C@@H](O[Si](C)(C)C(C)(C)C)CN2C(=O)OC(C)(C)C)cc1. The average molecular weight is 570 g/mol. The van der Waals surface area contributed by atoms with E-state index in [-0.39, 0.29) is 42.2 Å². The highest BCUT2D eigenvalue weighted by Crippen LogP contribution is 2.42. The van der Waals surface area contributed by atoms with Crippen LogP contribution in [-0.4, -0.2) is 62.0 Å². The van der Waals surface area contributed by atoms with Gasteiger partial charge in [0.2, 0.25) is 0 Å². The van der Waals surface area contributed by atoms with Crippen molar-refractivity contribution in [1.29, 1.82) is 0 Å². The first-order valence-corrected chi connectivity index (χ1v) is 16.6. The van der Waals surface area contributed by atoms with E-state index in [9.17, 15) is 14.4 Å². The van der Waals surface area contributed by atoms with Crippen LogP contribution in [0.4, 0.5) is 4.79 Å². The van der Waals surface area contributed by atoms with Crippen molar-refractivity contribution in [3.63, 3.8) is 0 Å². The minimum atomic E-state index is -2.06. The van der Waals surface area contributed by atoms with Gasteiger partial charge in [-0.3, -0.25) is 14.5 Å². The number of hydrogen-bond donors (Lipinski definition) is 0. The van der Waals surface area contributed by atoms with Crippen LogP contribution in [0.25, 0.3) is 0 Å². The Kier molecular flexibility index (Phi) is 10.8. The Labute approximate surface area is 233 Å². The molecular formula is C28H44ClNO7Si. The first kappa shape index (κ1) is 32.1. The van der Waals surface area contributed by atoms with E-state index in [1.165, 1.54) is 0 Å². The number of rotatable bonds is 9. The van der Waals surface area contributed by atoms with Crippen molar-refractivity contribution in [1.82, 2.24) is 4.90 Å². The second kappa shape index (κ2) is 12.8. The normalized spacial score (nSPS) is 19.2. The van der Waals surface area contributed by atoms with Gasteiger partial charge in [0.15, 0.2) is 8.32 Å². The van der Waals surface area contributed by atoms with Crippen LogP contribution in [0.1, 0.15) is 84.6 Å². The number of benzene rings is 1. The van der Waals surface area contributed by atoms with Crippen LogP contribution < -0.4 is 0 Å². The zero-order valence-electron chi connectivity index (χ0n) is 24.3. The number of halogens is 1. The molecule has 38 heavy (non-hydrogen) atoms. The molecule has 3 atom stereocenters. The summed E-state index contributed by atoms with van der Waals surface area (Å²) in [6.45, 7) is 18.9. The van der Waals surface area contributed by atoms with E-state index in [1.54, 1.807) is 24.0 Å². The van der Waals surface area contributed by atoms with Crippen molar-refractivity contribution in [2.45, 2.75) is 103 Å². The molecule has 8 nitrogen and oxygen atoms in total. The molecule has 2 rings (SSSR count). The molecule has 0 saturated carbocycles. The zero-order valence-corrected chi connectivity index (χ0v) is 26.0. The van der Waals surface area contributed by atoms with E-state index in [2.05, 4.69) is 33.9 Å². The van der Waals surface area contributed by atoms with Gasteiger partial charge in [-0.05, 0) is 63.4 Å². The summed E-state index contributed by atoms with van der Waals surface area (Å²) < 4.78 is 22.9. The fraction of sp³-hybridized carbons (Fsp3) is 0.679. The Morgan fingerprint density at radius 3 is 2.16 bits per heavy atom. The van der Waals surface area contributed by atoms with E-state index >= 15 is 0 Å². The molecule has 0 spiro atoms. The molecule has 214 valence electrons. The molecule has 10 heteroatoms. The lowest BCUT2D eigenvalue weighted by Gasteiger charge is -2.38. The summed E-state index contributed by atoms with van der Waals surface area (Å²) in [5.41, 5.74) is 0.909. The van der Waals surface area contributed by atoms with E-state index in [4.69, 9.17) is 30.2 Å². The molecule has 1 heterocycles. The lowest BCUT2D eigenvalue weighted by atomic mass is 9.99. The Balaban J connectivity index is 2.33. The summed E-state index contributed by atoms with van der Waals surface area (Å²) in [6, 6.07) is 7.13. The van der Waals surface area contributed by atoms with Crippen molar-refractivity contribution < 1.29 is 33.0 Å². The van der Waals surface area contributed by atoms with Gasteiger partial charge in [-0.15, -0.1) is 11.6 Å². The van der Waals surface area contributed by atoms with E-state index in [0.29, 0.717) is 18.5 Å². The third kappa shape index (κ3) is 8.98. The third-order valence-electron chi connectivity index (χ3n) is 6.89. The van der Waals surface area contributed by atoms with Gasteiger partial charge >= 0.3 is 18.0 Å². The van der Waals surface area contributed by atoms with Crippen molar-refractivity contribution in [3.8, 4) is 0 Å². The van der Waals surface area contributed by atoms with Gasteiger partial charge in [0.1, 0.15) is 17.6 Å². The highest BCUT2D eigenvalue weighted by Gasteiger charge is 2.45. The minimum Gasteiger partial charge on any atom is -0.466 e. The van der Waals surface area contributed by atoms with Gasteiger partial charge < -0.3 is 18.6 Å². The lowest BCUT2D eigenvalue weighted by molar-refractivity contribution is -0.153. The van der Waals surface area contributed by atoms with Crippen LogP contribution in [-0.2, 0) is 28.2 Å². The standard InChI is InChI=1S/C28H44ClNO7Si/c1-10-34-24(31)16-23(35-25(32)17-29)20-13-11-19(12-14-20)22-15-21(37-38(8,9)28(5,6)7)18-30(22)26(33)36-27(2,3)4/h11-14,21-23H,10,15-18H2,1-9H3/t21-,22-,23-/m1/s1. The molecule has 0 N–H and O–H groups in total. The maximum atomic E-state index is 13.2. The molecule has 1 aliphatic heterocycles. The summed E-state index contributed by atoms with van der Waals surface area (Å²) in [5.74, 6) is -1.41. The Morgan fingerprint density at radius 1 is 1.05 bits per heavy atom. The number of ether oxygens (including phenoxy) is 3. The summed E-state index contributed by atoms with van der Waals surface area (Å²) in [6.07, 6.45) is -0.808. The van der Waals surface area contributed by atoms with Gasteiger partial charge in [-0.25, -0.2) is 4.79 Å². The number of hydrogen-bond acceptors (Lipinski definition) is 7. The number of carbonyl (C=O) groups excluding carboxylic acids is 3. The van der Waals surface area contributed by atoms with Gasteiger partial charge in [0.05, 0.1) is 25.2 Å². The molecule has 0 radical (unpaired) electrons. The number of amides is 1. The quantitative estimate of drug-likeness (QED) is 0.144. The zero-order chi connectivity index (χ0) is 28.9. The number of likely N-dealkylation sites (tertiary alicyclic amines) is 1. The fourth-order valence-corrected chi connectivity index (χ4v) is 5.46. The number of alkyl halides is 1. The second-order valence-electron chi connectivity index (χ2n) is 12.2. The summed E-state index contributed by atoms with van der Waals surface area (Å²) >= 11 is 5.62. The Hall–Kier alpha value is -2.10. The van der Waals surface area contributed by atoms with Crippen LogP contribution in [0.3, 0.4) is 0 Å². The highest BCUT2D eigenvalue weighted by molar-refractivity contribution is 6.74. The summed E-state index contributed by atoms with van der Waals surface area (Å²) in [4.78, 5) is 38.9. The van der Waals surface area contributed by atoms with Gasteiger partial charge in [-0.2, -0.15) is 0 Å². The second-order valence-corrected chi connectivity index (χ2v) is 17.2. The van der Waals surface area contributed by atoms with Gasteiger partial charge in [0.25, 0.3) is 0 Å². The molecule has 0 bridgehead atoms. The molecule has 1 aromatic rings. The van der Waals surface area contributed by atoms with Crippen molar-refractivity contribution >= 4 is 38.0 Å².